The van der Waals surface area contributed by atoms with Crippen molar-refractivity contribution < 1.29 is 14.0 Å². The van der Waals surface area contributed by atoms with Crippen molar-refractivity contribution in [2.45, 2.75) is 6.54 Å². The summed E-state index contributed by atoms with van der Waals surface area (Å²) in [5.74, 6) is 0.596. The van der Waals surface area contributed by atoms with Crippen LogP contribution in [0.1, 0.15) is 26.7 Å². The van der Waals surface area contributed by atoms with E-state index in [9.17, 15) is 9.59 Å². The van der Waals surface area contributed by atoms with Gasteiger partial charge in [-0.2, -0.15) is 0 Å². The third-order valence-corrected chi connectivity index (χ3v) is 4.66. The van der Waals surface area contributed by atoms with Gasteiger partial charge in [-0.15, -0.1) is 0 Å². The molecule has 3 aromatic rings. The summed E-state index contributed by atoms with van der Waals surface area (Å²) in [5.41, 5.74) is 1.06. The summed E-state index contributed by atoms with van der Waals surface area (Å²) in [6, 6.07) is 10.6. The molecule has 3 aromatic heterocycles. The lowest BCUT2D eigenvalue weighted by Crippen LogP contribution is -2.49. The van der Waals surface area contributed by atoms with Crippen LogP contribution in [-0.4, -0.2) is 57.8 Å². The van der Waals surface area contributed by atoms with Gasteiger partial charge in [0.2, 0.25) is 0 Å². The summed E-state index contributed by atoms with van der Waals surface area (Å²) in [6.07, 6.45) is 4.55. The summed E-state index contributed by atoms with van der Waals surface area (Å²) in [6.45, 7) is 2.64. The maximum absolute atomic E-state index is 12.4. The number of nitrogens with one attached hydrogen (secondary N) is 1. The fourth-order valence-electron chi connectivity index (χ4n) is 3.10. The molecule has 4 rings (SSSR count). The second-order valence-corrected chi connectivity index (χ2v) is 6.52. The monoisotopic (exact) mass is 392 g/mol. The Morgan fingerprint density at radius 2 is 1.90 bits per heavy atom. The lowest BCUT2D eigenvalue weighted by Gasteiger charge is -2.35. The molecule has 1 aliphatic rings. The zero-order chi connectivity index (χ0) is 20.1. The molecule has 2 amide bonds. The minimum Gasteiger partial charge on any atom is -0.459 e. The van der Waals surface area contributed by atoms with Gasteiger partial charge in [0, 0.05) is 38.4 Å². The van der Waals surface area contributed by atoms with E-state index in [0.717, 1.165) is 5.69 Å². The standard InChI is InChI=1S/C20H20N6O3/c27-19(22-13-15-4-1-2-6-21-15)16-12-18(24-14-23-16)25-7-9-26(10-8-25)20(28)17-5-3-11-29-17/h1-6,11-12,14H,7-10,13H2,(H,22,27). The molecule has 4 heterocycles. The Kier molecular flexibility index (Phi) is 5.46. The quantitative estimate of drug-likeness (QED) is 0.699. The highest BCUT2D eigenvalue weighted by Crippen LogP contribution is 2.16. The number of furan rings is 1. The van der Waals surface area contributed by atoms with Crippen LogP contribution in [0.2, 0.25) is 0 Å². The summed E-state index contributed by atoms with van der Waals surface area (Å²) < 4.78 is 5.18. The number of piperazine rings is 1. The molecule has 0 bridgehead atoms. The molecule has 0 aliphatic carbocycles. The van der Waals surface area contributed by atoms with Crippen molar-refractivity contribution in [2.24, 2.45) is 0 Å². The normalized spacial score (nSPS) is 13.9. The average molecular weight is 392 g/mol. The van der Waals surface area contributed by atoms with E-state index in [2.05, 4.69) is 20.3 Å². The Labute approximate surface area is 167 Å². The molecule has 9 heteroatoms. The van der Waals surface area contributed by atoms with Crippen molar-refractivity contribution in [3.05, 3.63) is 72.3 Å². The molecule has 0 spiro atoms. The van der Waals surface area contributed by atoms with E-state index in [0.29, 0.717) is 50.0 Å². The van der Waals surface area contributed by atoms with Gasteiger partial charge in [-0.05, 0) is 24.3 Å². The van der Waals surface area contributed by atoms with Crippen molar-refractivity contribution in [3.63, 3.8) is 0 Å². The zero-order valence-corrected chi connectivity index (χ0v) is 15.7. The Balaban J connectivity index is 1.35. The van der Waals surface area contributed by atoms with Crippen molar-refractivity contribution >= 4 is 17.6 Å². The van der Waals surface area contributed by atoms with Crippen LogP contribution in [0.4, 0.5) is 5.82 Å². The smallest absolute Gasteiger partial charge is 0.289 e. The molecule has 0 saturated carbocycles. The third-order valence-electron chi connectivity index (χ3n) is 4.66. The minimum atomic E-state index is -0.286. The number of hydrogen-bond acceptors (Lipinski definition) is 7. The topological polar surface area (TPSA) is 104 Å². The second-order valence-electron chi connectivity index (χ2n) is 6.52. The van der Waals surface area contributed by atoms with Crippen LogP contribution in [0.15, 0.2) is 59.6 Å². The second kappa shape index (κ2) is 8.51. The molecule has 1 aliphatic heterocycles. The van der Waals surface area contributed by atoms with Crippen molar-refractivity contribution in [2.75, 3.05) is 31.1 Å². The van der Waals surface area contributed by atoms with Gasteiger partial charge in [0.1, 0.15) is 17.8 Å². The van der Waals surface area contributed by atoms with E-state index in [1.54, 1.807) is 29.3 Å². The maximum Gasteiger partial charge on any atom is 0.289 e. The molecule has 0 atom stereocenters. The molecule has 1 N–H and O–H groups in total. The molecule has 1 fully saturated rings. The Morgan fingerprint density at radius 3 is 2.62 bits per heavy atom. The van der Waals surface area contributed by atoms with Gasteiger partial charge in [-0.3, -0.25) is 14.6 Å². The third kappa shape index (κ3) is 4.40. The molecule has 0 unspecified atom stereocenters. The SMILES string of the molecule is O=C(NCc1ccccn1)c1cc(N2CCN(C(=O)c3ccco3)CC2)ncn1. The van der Waals surface area contributed by atoms with E-state index < -0.39 is 0 Å². The van der Waals surface area contributed by atoms with Crippen LogP contribution in [0.3, 0.4) is 0 Å². The van der Waals surface area contributed by atoms with E-state index in [1.165, 1.54) is 12.6 Å². The zero-order valence-electron chi connectivity index (χ0n) is 15.7. The van der Waals surface area contributed by atoms with Crippen LogP contribution in [0, 0.1) is 0 Å². The molecule has 0 radical (unpaired) electrons. The number of nitrogens with zero attached hydrogens (tertiary/aromatic N) is 5. The van der Waals surface area contributed by atoms with Crippen LogP contribution >= 0.6 is 0 Å². The van der Waals surface area contributed by atoms with Gasteiger partial charge in [0.05, 0.1) is 18.5 Å². The number of carbonyl (C=O) groups excluding carboxylic acids is 2. The number of anilines is 1. The van der Waals surface area contributed by atoms with Gasteiger partial charge in [-0.25, -0.2) is 9.97 Å². The number of rotatable bonds is 5. The summed E-state index contributed by atoms with van der Waals surface area (Å²) in [7, 11) is 0. The molecule has 9 nitrogen and oxygen atoms in total. The van der Waals surface area contributed by atoms with Gasteiger partial charge in [0.25, 0.3) is 11.8 Å². The van der Waals surface area contributed by atoms with Crippen LogP contribution in [0.5, 0.6) is 0 Å². The predicted molar refractivity (Wildman–Crippen MR) is 104 cm³/mol. The van der Waals surface area contributed by atoms with Gasteiger partial charge in [-0.1, -0.05) is 6.07 Å². The number of pyridine rings is 1. The number of hydrogen-bond donors (Lipinski definition) is 1. The maximum atomic E-state index is 12.4. The van der Waals surface area contributed by atoms with Crippen LogP contribution in [0.25, 0.3) is 0 Å². The Hall–Kier alpha value is -3.75. The summed E-state index contributed by atoms with van der Waals surface area (Å²) in [5, 5.41) is 2.81. The molecule has 29 heavy (non-hydrogen) atoms. The first-order valence-corrected chi connectivity index (χ1v) is 9.28. The van der Waals surface area contributed by atoms with E-state index in [1.807, 2.05) is 23.1 Å². The number of aromatic nitrogens is 3. The fourth-order valence-corrected chi connectivity index (χ4v) is 3.10. The molecule has 0 aromatic carbocycles. The fraction of sp³-hybridized carbons (Fsp3) is 0.250. The van der Waals surface area contributed by atoms with Crippen LogP contribution < -0.4 is 10.2 Å². The Bertz CT molecular complexity index is 969. The van der Waals surface area contributed by atoms with E-state index >= 15 is 0 Å². The molecular weight excluding hydrogens is 372 g/mol. The molecule has 1 saturated heterocycles. The van der Waals surface area contributed by atoms with Gasteiger partial charge >= 0.3 is 0 Å². The minimum absolute atomic E-state index is 0.119. The lowest BCUT2D eigenvalue weighted by molar-refractivity contribution is 0.0714. The number of carbonyl (C=O) groups is 2. The predicted octanol–water partition coefficient (Wildman–Crippen LogP) is 1.36. The first-order valence-electron chi connectivity index (χ1n) is 9.28. The van der Waals surface area contributed by atoms with Crippen molar-refractivity contribution in [1.29, 1.82) is 0 Å². The highest BCUT2D eigenvalue weighted by atomic mass is 16.3. The average Bonchev–Trinajstić information content (AvgIpc) is 3.33. The number of amides is 2. The van der Waals surface area contributed by atoms with Crippen molar-refractivity contribution in [1.82, 2.24) is 25.2 Å². The molecule has 148 valence electrons. The highest BCUT2D eigenvalue weighted by Gasteiger charge is 2.24. The molecular formula is C20H20N6O3. The van der Waals surface area contributed by atoms with Crippen molar-refractivity contribution in [3.8, 4) is 0 Å². The van der Waals surface area contributed by atoms with Gasteiger partial charge < -0.3 is 19.5 Å². The summed E-state index contributed by atoms with van der Waals surface area (Å²) >= 11 is 0. The first-order chi connectivity index (χ1) is 14.2. The highest BCUT2D eigenvalue weighted by molar-refractivity contribution is 5.93. The Morgan fingerprint density at radius 1 is 1.03 bits per heavy atom. The summed E-state index contributed by atoms with van der Waals surface area (Å²) in [4.78, 5) is 41.1. The largest absolute Gasteiger partial charge is 0.459 e. The lowest BCUT2D eigenvalue weighted by atomic mass is 10.2. The van der Waals surface area contributed by atoms with E-state index in [4.69, 9.17) is 4.42 Å². The van der Waals surface area contributed by atoms with Crippen LogP contribution in [-0.2, 0) is 6.54 Å². The van der Waals surface area contributed by atoms with Gasteiger partial charge in [0.15, 0.2) is 5.76 Å². The first kappa shape index (κ1) is 18.6. The van der Waals surface area contributed by atoms with E-state index in [-0.39, 0.29) is 11.8 Å².